The van der Waals surface area contributed by atoms with E-state index in [1.54, 1.807) is 4.90 Å². The number of hydrogen-bond donors (Lipinski definition) is 0. The SMILES string of the molecule is CC(C)CC1CCC(C(=O)N(C)C)CC1. The number of carbonyl (C=O) groups is 1. The smallest absolute Gasteiger partial charge is 0.225 e. The highest BCUT2D eigenvalue weighted by Gasteiger charge is 2.27. The molecule has 1 saturated carbocycles. The Hall–Kier alpha value is -0.530. The zero-order valence-corrected chi connectivity index (χ0v) is 10.6. The van der Waals surface area contributed by atoms with Crippen LogP contribution in [0.1, 0.15) is 46.0 Å². The number of hydrogen-bond acceptors (Lipinski definition) is 1. The van der Waals surface area contributed by atoms with Crippen molar-refractivity contribution in [1.82, 2.24) is 4.90 Å². The van der Waals surface area contributed by atoms with E-state index in [1.165, 1.54) is 19.3 Å². The van der Waals surface area contributed by atoms with Crippen molar-refractivity contribution in [2.75, 3.05) is 14.1 Å². The van der Waals surface area contributed by atoms with E-state index in [1.807, 2.05) is 14.1 Å². The lowest BCUT2D eigenvalue weighted by Crippen LogP contribution is -2.32. The zero-order chi connectivity index (χ0) is 11.4. The summed E-state index contributed by atoms with van der Waals surface area (Å²) in [7, 11) is 3.73. The van der Waals surface area contributed by atoms with Crippen LogP contribution < -0.4 is 0 Å². The van der Waals surface area contributed by atoms with Crippen LogP contribution in [-0.2, 0) is 4.79 Å². The molecule has 1 rings (SSSR count). The Labute approximate surface area is 94.0 Å². The molecule has 88 valence electrons. The van der Waals surface area contributed by atoms with Gasteiger partial charge in [0.2, 0.25) is 5.91 Å². The minimum Gasteiger partial charge on any atom is -0.349 e. The van der Waals surface area contributed by atoms with Crippen molar-refractivity contribution in [1.29, 1.82) is 0 Å². The van der Waals surface area contributed by atoms with Gasteiger partial charge in [0.05, 0.1) is 0 Å². The van der Waals surface area contributed by atoms with E-state index in [-0.39, 0.29) is 0 Å². The summed E-state index contributed by atoms with van der Waals surface area (Å²) in [5.41, 5.74) is 0. The maximum absolute atomic E-state index is 11.8. The molecular weight excluding hydrogens is 186 g/mol. The van der Waals surface area contributed by atoms with Gasteiger partial charge in [-0.2, -0.15) is 0 Å². The predicted molar refractivity (Wildman–Crippen MR) is 63.6 cm³/mol. The molecular formula is C13H25NO. The molecule has 0 unspecified atom stereocenters. The van der Waals surface area contributed by atoms with Crippen LogP contribution in [0, 0.1) is 17.8 Å². The molecule has 0 atom stereocenters. The number of rotatable bonds is 3. The van der Waals surface area contributed by atoms with Crippen LogP contribution in [-0.4, -0.2) is 24.9 Å². The van der Waals surface area contributed by atoms with Crippen LogP contribution in [0.5, 0.6) is 0 Å². The molecule has 0 aromatic heterocycles. The van der Waals surface area contributed by atoms with Gasteiger partial charge < -0.3 is 4.90 Å². The summed E-state index contributed by atoms with van der Waals surface area (Å²) in [6, 6.07) is 0. The predicted octanol–water partition coefficient (Wildman–Crippen LogP) is 2.93. The molecule has 0 aromatic carbocycles. The summed E-state index contributed by atoms with van der Waals surface area (Å²) >= 11 is 0. The van der Waals surface area contributed by atoms with Crippen molar-refractivity contribution >= 4 is 5.91 Å². The second-order valence-electron chi connectivity index (χ2n) is 5.58. The Bertz CT molecular complexity index is 203. The number of nitrogens with zero attached hydrogens (tertiary/aromatic N) is 1. The Balaban J connectivity index is 2.32. The topological polar surface area (TPSA) is 20.3 Å². The standard InChI is InChI=1S/C13H25NO/c1-10(2)9-11-5-7-12(8-6-11)13(15)14(3)4/h10-12H,5-9H2,1-4H3. The van der Waals surface area contributed by atoms with E-state index in [9.17, 15) is 4.79 Å². The molecule has 0 N–H and O–H groups in total. The molecule has 1 amide bonds. The van der Waals surface area contributed by atoms with Gasteiger partial charge in [-0.05, 0) is 43.9 Å². The fraction of sp³-hybridized carbons (Fsp3) is 0.923. The molecule has 1 aliphatic rings. The second-order valence-corrected chi connectivity index (χ2v) is 5.58. The van der Waals surface area contributed by atoms with Gasteiger partial charge in [0.1, 0.15) is 0 Å². The van der Waals surface area contributed by atoms with E-state index in [4.69, 9.17) is 0 Å². The highest BCUT2D eigenvalue weighted by atomic mass is 16.2. The molecule has 0 heterocycles. The third-order valence-electron chi connectivity index (χ3n) is 3.44. The molecule has 0 spiro atoms. The van der Waals surface area contributed by atoms with E-state index in [0.29, 0.717) is 11.8 Å². The second kappa shape index (κ2) is 5.53. The summed E-state index contributed by atoms with van der Waals surface area (Å²) in [6.07, 6.45) is 6.05. The van der Waals surface area contributed by atoms with Gasteiger partial charge in [0, 0.05) is 20.0 Å². The molecule has 0 radical (unpaired) electrons. The van der Waals surface area contributed by atoms with Crippen molar-refractivity contribution in [2.45, 2.75) is 46.0 Å². The van der Waals surface area contributed by atoms with E-state index < -0.39 is 0 Å². The van der Waals surface area contributed by atoms with Gasteiger partial charge in [-0.15, -0.1) is 0 Å². The third kappa shape index (κ3) is 3.84. The lowest BCUT2D eigenvalue weighted by molar-refractivity contribution is -0.134. The minimum absolute atomic E-state index is 0.309. The molecule has 0 aromatic rings. The van der Waals surface area contributed by atoms with Crippen molar-refractivity contribution in [3.63, 3.8) is 0 Å². The van der Waals surface area contributed by atoms with Gasteiger partial charge >= 0.3 is 0 Å². The molecule has 1 aliphatic carbocycles. The maximum Gasteiger partial charge on any atom is 0.225 e. The van der Waals surface area contributed by atoms with Crippen molar-refractivity contribution in [3.8, 4) is 0 Å². The lowest BCUT2D eigenvalue weighted by atomic mass is 9.78. The average Bonchev–Trinajstić information content (AvgIpc) is 2.17. The summed E-state index contributed by atoms with van der Waals surface area (Å²) in [5.74, 6) is 2.31. The van der Waals surface area contributed by atoms with Crippen LogP contribution in [0.25, 0.3) is 0 Å². The molecule has 0 saturated heterocycles. The van der Waals surface area contributed by atoms with Crippen molar-refractivity contribution in [2.24, 2.45) is 17.8 Å². The third-order valence-corrected chi connectivity index (χ3v) is 3.44. The molecule has 2 heteroatoms. The zero-order valence-electron chi connectivity index (χ0n) is 10.6. The Morgan fingerprint density at radius 2 is 1.73 bits per heavy atom. The summed E-state index contributed by atoms with van der Waals surface area (Å²) < 4.78 is 0. The first-order valence-corrected chi connectivity index (χ1v) is 6.22. The van der Waals surface area contributed by atoms with Crippen molar-refractivity contribution in [3.05, 3.63) is 0 Å². The highest BCUT2D eigenvalue weighted by molar-refractivity contribution is 5.78. The van der Waals surface area contributed by atoms with Gasteiger partial charge in [-0.3, -0.25) is 4.79 Å². The van der Waals surface area contributed by atoms with Crippen LogP contribution >= 0.6 is 0 Å². The van der Waals surface area contributed by atoms with Crippen molar-refractivity contribution < 1.29 is 4.79 Å². The van der Waals surface area contributed by atoms with Gasteiger partial charge in [-0.1, -0.05) is 13.8 Å². The summed E-state index contributed by atoms with van der Waals surface area (Å²) in [6.45, 7) is 4.58. The Morgan fingerprint density at radius 3 is 2.13 bits per heavy atom. The summed E-state index contributed by atoms with van der Waals surface area (Å²) in [5, 5.41) is 0. The van der Waals surface area contributed by atoms with Gasteiger partial charge in [-0.25, -0.2) is 0 Å². The van der Waals surface area contributed by atoms with E-state index in [2.05, 4.69) is 13.8 Å². The van der Waals surface area contributed by atoms with Crippen LogP contribution in [0.15, 0.2) is 0 Å². The molecule has 15 heavy (non-hydrogen) atoms. The molecule has 0 bridgehead atoms. The quantitative estimate of drug-likeness (QED) is 0.703. The van der Waals surface area contributed by atoms with Gasteiger partial charge in [0.25, 0.3) is 0 Å². The maximum atomic E-state index is 11.8. The Morgan fingerprint density at radius 1 is 1.20 bits per heavy atom. The van der Waals surface area contributed by atoms with Crippen LogP contribution in [0.4, 0.5) is 0 Å². The van der Waals surface area contributed by atoms with E-state index >= 15 is 0 Å². The van der Waals surface area contributed by atoms with Crippen LogP contribution in [0.3, 0.4) is 0 Å². The van der Waals surface area contributed by atoms with E-state index in [0.717, 1.165) is 24.7 Å². The van der Waals surface area contributed by atoms with Crippen LogP contribution in [0.2, 0.25) is 0 Å². The Kier molecular flexibility index (Phi) is 4.62. The molecule has 2 nitrogen and oxygen atoms in total. The van der Waals surface area contributed by atoms with Gasteiger partial charge in [0.15, 0.2) is 0 Å². The first-order chi connectivity index (χ1) is 7.00. The first-order valence-electron chi connectivity index (χ1n) is 6.22. The fourth-order valence-electron chi connectivity index (χ4n) is 2.68. The average molecular weight is 211 g/mol. The fourth-order valence-corrected chi connectivity index (χ4v) is 2.68. The lowest BCUT2D eigenvalue weighted by Gasteiger charge is -2.30. The highest BCUT2D eigenvalue weighted by Crippen LogP contribution is 2.33. The first kappa shape index (κ1) is 12.5. The summed E-state index contributed by atoms with van der Waals surface area (Å²) in [4.78, 5) is 13.5. The minimum atomic E-state index is 0.309. The number of carbonyl (C=O) groups excluding carboxylic acids is 1. The largest absolute Gasteiger partial charge is 0.349 e. The number of amides is 1. The molecule has 0 aliphatic heterocycles. The molecule has 1 fully saturated rings. The monoisotopic (exact) mass is 211 g/mol. The normalized spacial score (nSPS) is 26.7.